The highest BCUT2D eigenvalue weighted by Crippen LogP contribution is 2.36. The summed E-state index contributed by atoms with van der Waals surface area (Å²) < 4.78 is 24.7. The molecule has 0 aliphatic heterocycles. The molecule has 1 saturated carbocycles. The van der Waals surface area contributed by atoms with Crippen molar-refractivity contribution in [3.63, 3.8) is 0 Å². The van der Waals surface area contributed by atoms with Gasteiger partial charge >= 0.3 is 0 Å². The molecule has 2 rings (SSSR count). The van der Waals surface area contributed by atoms with Crippen LogP contribution in [0.4, 0.5) is 4.39 Å². The van der Waals surface area contributed by atoms with Crippen LogP contribution in [0.3, 0.4) is 0 Å². The van der Waals surface area contributed by atoms with Gasteiger partial charge < -0.3 is 9.47 Å². The number of hydrogen-bond acceptors (Lipinski definition) is 2. The molecule has 1 aromatic carbocycles. The molecule has 3 unspecified atom stereocenters. The first kappa shape index (κ1) is 13.4. The largest absolute Gasteiger partial charge is 0.486 e. The Morgan fingerprint density at radius 2 is 2.18 bits per heavy atom. The van der Waals surface area contributed by atoms with E-state index in [0.717, 1.165) is 0 Å². The highest BCUT2D eigenvalue weighted by atomic mass is 79.9. The Labute approximate surface area is 117 Å². The molecule has 1 fully saturated rings. The van der Waals surface area contributed by atoms with Crippen LogP contribution in [0.1, 0.15) is 6.42 Å². The van der Waals surface area contributed by atoms with Crippen molar-refractivity contribution in [3.05, 3.63) is 27.4 Å². The molecule has 2 nitrogen and oxygen atoms in total. The van der Waals surface area contributed by atoms with Crippen LogP contribution < -0.4 is 4.74 Å². The Bertz CT molecular complexity index is 430. The minimum Gasteiger partial charge on any atom is -0.486 e. The number of alkyl halides is 1. The van der Waals surface area contributed by atoms with Crippen LogP contribution in [0.5, 0.6) is 5.75 Å². The van der Waals surface area contributed by atoms with Crippen molar-refractivity contribution < 1.29 is 13.9 Å². The van der Waals surface area contributed by atoms with Crippen molar-refractivity contribution in [2.75, 3.05) is 7.11 Å². The lowest BCUT2D eigenvalue weighted by Crippen LogP contribution is -2.52. The lowest BCUT2D eigenvalue weighted by atomic mass is 9.91. The highest BCUT2D eigenvalue weighted by molar-refractivity contribution is 9.10. The molecule has 0 spiro atoms. The van der Waals surface area contributed by atoms with Crippen molar-refractivity contribution in [2.45, 2.75) is 24.0 Å². The summed E-state index contributed by atoms with van der Waals surface area (Å²) in [5.41, 5.74) is 0. The Kier molecular flexibility index (Phi) is 4.18. The summed E-state index contributed by atoms with van der Waals surface area (Å²) in [6, 6.07) is 2.71. The Morgan fingerprint density at radius 3 is 2.76 bits per heavy atom. The lowest BCUT2D eigenvalue weighted by molar-refractivity contribution is -0.0587. The van der Waals surface area contributed by atoms with Gasteiger partial charge in [-0.25, -0.2) is 4.39 Å². The molecular weight excluding hydrogens is 334 g/mol. The molecule has 94 valence electrons. The van der Waals surface area contributed by atoms with Crippen LogP contribution in [0.2, 0.25) is 5.02 Å². The topological polar surface area (TPSA) is 18.5 Å². The third kappa shape index (κ3) is 2.70. The van der Waals surface area contributed by atoms with Crippen LogP contribution in [-0.4, -0.2) is 24.7 Å². The SMILES string of the molecule is COC1C(Cl)CC1Oc1cc(F)c(Cl)cc1Br. The maximum atomic E-state index is 13.3. The second-order valence-electron chi connectivity index (χ2n) is 3.81. The predicted octanol–water partition coefficient (Wildman–Crippen LogP) is 4.02. The summed E-state index contributed by atoms with van der Waals surface area (Å²) in [7, 11) is 1.58. The zero-order valence-electron chi connectivity index (χ0n) is 8.92. The van der Waals surface area contributed by atoms with E-state index < -0.39 is 5.82 Å². The van der Waals surface area contributed by atoms with E-state index >= 15 is 0 Å². The molecule has 6 heteroatoms. The zero-order chi connectivity index (χ0) is 12.6. The van der Waals surface area contributed by atoms with Gasteiger partial charge in [-0.2, -0.15) is 0 Å². The quantitative estimate of drug-likeness (QED) is 0.609. The molecule has 0 amide bonds. The Balaban J connectivity index is 2.12. The minimum atomic E-state index is -0.513. The minimum absolute atomic E-state index is 0.0522. The highest BCUT2D eigenvalue weighted by Gasteiger charge is 2.42. The van der Waals surface area contributed by atoms with Crippen LogP contribution in [0.25, 0.3) is 0 Å². The number of halogens is 4. The maximum Gasteiger partial charge on any atom is 0.145 e. The van der Waals surface area contributed by atoms with Crippen LogP contribution in [-0.2, 0) is 4.74 Å². The summed E-state index contributed by atoms with van der Waals surface area (Å²) in [6.45, 7) is 0. The molecule has 0 radical (unpaired) electrons. The molecule has 1 aliphatic rings. The first-order valence-electron chi connectivity index (χ1n) is 5.01. The number of methoxy groups -OCH3 is 1. The van der Waals surface area contributed by atoms with Gasteiger partial charge in [-0.05, 0) is 22.0 Å². The normalized spacial score (nSPS) is 27.7. The Morgan fingerprint density at radius 1 is 1.47 bits per heavy atom. The summed E-state index contributed by atoms with van der Waals surface area (Å²) in [4.78, 5) is 0. The first-order chi connectivity index (χ1) is 8.02. The van der Waals surface area contributed by atoms with E-state index in [2.05, 4.69) is 15.9 Å². The number of ether oxygens (including phenoxy) is 2. The van der Waals surface area contributed by atoms with Crippen molar-refractivity contribution in [1.29, 1.82) is 0 Å². The lowest BCUT2D eigenvalue weighted by Gasteiger charge is -2.39. The van der Waals surface area contributed by atoms with E-state index in [4.69, 9.17) is 32.7 Å². The molecule has 0 heterocycles. The molecule has 1 aromatic rings. The van der Waals surface area contributed by atoms with Gasteiger partial charge in [0.05, 0.1) is 14.9 Å². The monoisotopic (exact) mass is 342 g/mol. The van der Waals surface area contributed by atoms with Gasteiger partial charge in [-0.3, -0.25) is 0 Å². The number of benzene rings is 1. The van der Waals surface area contributed by atoms with Gasteiger partial charge in [0.2, 0.25) is 0 Å². The van der Waals surface area contributed by atoms with Crippen LogP contribution >= 0.6 is 39.1 Å². The molecular formula is C11H10BrCl2FO2. The molecule has 0 N–H and O–H groups in total. The summed E-state index contributed by atoms with van der Waals surface area (Å²) in [6.07, 6.45) is 0.359. The van der Waals surface area contributed by atoms with Gasteiger partial charge in [0.1, 0.15) is 23.8 Å². The molecule has 0 aromatic heterocycles. The fourth-order valence-electron chi connectivity index (χ4n) is 1.70. The number of rotatable bonds is 3. The Hall–Kier alpha value is -0.0300. The fourth-order valence-corrected chi connectivity index (χ4v) is 2.87. The molecule has 17 heavy (non-hydrogen) atoms. The van der Waals surface area contributed by atoms with E-state index in [-0.39, 0.29) is 22.6 Å². The van der Waals surface area contributed by atoms with Crippen molar-refractivity contribution >= 4 is 39.1 Å². The standard InChI is InChI=1S/C11H10BrCl2FO2/c1-16-11-7(14)3-10(11)17-9-4-8(15)6(13)2-5(9)12/h2,4,7,10-11H,3H2,1H3. The molecule has 1 aliphatic carbocycles. The molecule has 0 bridgehead atoms. The fraction of sp³-hybridized carbons (Fsp3) is 0.455. The predicted molar refractivity (Wildman–Crippen MR) is 68.6 cm³/mol. The molecule has 0 saturated heterocycles. The van der Waals surface area contributed by atoms with Gasteiger partial charge in [-0.1, -0.05) is 11.6 Å². The van der Waals surface area contributed by atoms with Gasteiger partial charge in [0.15, 0.2) is 0 Å². The summed E-state index contributed by atoms with van der Waals surface area (Å²) in [5.74, 6) is -0.108. The van der Waals surface area contributed by atoms with Gasteiger partial charge in [0.25, 0.3) is 0 Å². The zero-order valence-corrected chi connectivity index (χ0v) is 12.0. The van der Waals surface area contributed by atoms with Gasteiger partial charge in [-0.15, -0.1) is 11.6 Å². The smallest absolute Gasteiger partial charge is 0.145 e. The second kappa shape index (κ2) is 5.31. The number of hydrogen-bond donors (Lipinski definition) is 0. The average Bonchev–Trinajstić information content (AvgIpc) is 2.25. The first-order valence-corrected chi connectivity index (χ1v) is 6.61. The van der Waals surface area contributed by atoms with Crippen LogP contribution in [0.15, 0.2) is 16.6 Å². The van der Waals surface area contributed by atoms with E-state index in [1.165, 1.54) is 12.1 Å². The second-order valence-corrected chi connectivity index (χ2v) is 5.63. The van der Waals surface area contributed by atoms with E-state index in [9.17, 15) is 4.39 Å². The third-order valence-electron chi connectivity index (χ3n) is 2.71. The third-order valence-corrected chi connectivity index (χ3v) is 4.04. The van der Waals surface area contributed by atoms with E-state index in [1.54, 1.807) is 7.11 Å². The summed E-state index contributed by atoms with van der Waals surface area (Å²) in [5, 5.41) is -0.00253. The average molecular weight is 344 g/mol. The molecule has 3 atom stereocenters. The van der Waals surface area contributed by atoms with Crippen molar-refractivity contribution in [2.24, 2.45) is 0 Å². The van der Waals surface area contributed by atoms with E-state index in [0.29, 0.717) is 16.6 Å². The summed E-state index contributed by atoms with van der Waals surface area (Å²) >= 11 is 14.9. The van der Waals surface area contributed by atoms with Crippen molar-refractivity contribution in [1.82, 2.24) is 0 Å². The van der Waals surface area contributed by atoms with Crippen molar-refractivity contribution in [3.8, 4) is 5.75 Å². The van der Waals surface area contributed by atoms with Crippen LogP contribution in [0, 0.1) is 5.82 Å². The van der Waals surface area contributed by atoms with Gasteiger partial charge in [0, 0.05) is 19.6 Å². The van der Waals surface area contributed by atoms with E-state index in [1.807, 2.05) is 0 Å². The maximum absolute atomic E-state index is 13.3.